The van der Waals surface area contributed by atoms with Gasteiger partial charge in [-0.25, -0.2) is 0 Å². The van der Waals surface area contributed by atoms with Crippen molar-refractivity contribution in [1.82, 2.24) is 0 Å². The Morgan fingerprint density at radius 3 is 0.538 bits per heavy atom. The van der Waals surface area contributed by atoms with Crippen LogP contribution in [0.4, 0.5) is 0 Å². The van der Waals surface area contributed by atoms with Crippen LogP contribution in [0.5, 0.6) is 0 Å². The fourth-order valence-electron chi connectivity index (χ4n) is 5.38. The van der Waals surface area contributed by atoms with Gasteiger partial charge >= 0.3 is 0 Å². The molecular formula is C37H30P2. The minimum Gasteiger partial charge on any atom is -0.105 e. The molecule has 0 atom stereocenters. The van der Waals surface area contributed by atoms with Gasteiger partial charge in [-0.3, -0.25) is 0 Å². The van der Waals surface area contributed by atoms with Gasteiger partial charge in [0.1, 0.15) is 0 Å². The van der Waals surface area contributed by atoms with E-state index in [-0.39, 0.29) is 0 Å². The van der Waals surface area contributed by atoms with E-state index in [1.807, 2.05) is 0 Å². The highest BCUT2D eigenvalue weighted by atomic mass is 31.2. The van der Waals surface area contributed by atoms with Crippen molar-refractivity contribution in [1.29, 1.82) is 0 Å². The Labute approximate surface area is 232 Å². The average Bonchev–Trinajstić information content (AvgIpc) is 3.04. The zero-order valence-corrected chi connectivity index (χ0v) is 23.5. The Morgan fingerprint density at radius 1 is 0.231 bits per heavy atom. The van der Waals surface area contributed by atoms with Crippen molar-refractivity contribution in [2.75, 3.05) is 0 Å². The van der Waals surface area contributed by atoms with E-state index >= 15 is 0 Å². The van der Waals surface area contributed by atoms with E-state index in [0.717, 1.165) is 0 Å². The van der Waals surface area contributed by atoms with Crippen LogP contribution in [0.3, 0.4) is 0 Å². The standard InChI is InChI=1S/C37H30P2/c1-7-19-32(20-8-1)38(33-21-9-2-10-22-33,34-23-11-3-12-24-34)31-39(35-25-13-4-14-26-35,36-27-15-5-16-28-36)37-29-17-6-18-30-37/h1-30H. The van der Waals surface area contributed by atoms with Crippen LogP contribution in [0.25, 0.3) is 0 Å². The van der Waals surface area contributed by atoms with Gasteiger partial charge in [0, 0.05) is 13.8 Å². The molecule has 0 bridgehead atoms. The van der Waals surface area contributed by atoms with E-state index in [0.29, 0.717) is 0 Å². The molecule has 0 fully saturated rings. The van der Waals surface area contributed by atoms with E-state index in [4.69, 9.17) is 0 Å². The first kappa shape index (κ1) is 25.2. The molecule has 0 aliphatic rings. The van der Waals surface area contributed by atoms with Crippen LogP contribution in [0, 0.1) is 0 Å². The molecule has 0 amide bonds. The first-order chi connectivity index (χ1) is 19.3. The second-order valence-electron chi connectivity index (χ2n) is 9.45. The van der Waals surface area contributed by atoms with Gasteiger partial charge in [0.15, 0.2) is 0 Å². The summed E-state index contributed by atoms with van der Waals surface area (Å²) < 4.78 is 0. The van der Waals surface area contributed by atoms with Crippen LogP contribution in [-0.4, -0.2) is 5.17 Å². The molecule has 39 heavy (non-hydrogen) atoms. The molecule has 0 nitrogen and oxygen atoms in total. The molecule has 0 radical (unpaired) electrons. The van der Waals surface area contributed by atoms with E-state index < -0.39 is 13.8 Å². The molecule has 6 aromatic carbocycles. The molecule has 6 rings (SSSR count). The summed E-state index contributed by atoms with van der Waals surface area (Å²) in [4.78, 5) is 0. The lowest BCUT2D eigenvalue weighted by Crippen LogP contribution is -2.30. The lowest BCUT2D eigenvalue weighted by molar-refractivity contribution is 1.73. The summed E-state index contributed by atoms with van der Waals surface area (Å²) in [6.07, 6.45) is 0. The largest absolute Gasteiger partial charge is 0.105 e. The molecule has 0 aromatic heterocycles. The van der Waals surface area contributed by atoms with Crippen molar-refractivity contribution < 1.29 is 0 Å². The summed E-state index contributed by atoms with van der Waals surface area (Å²) in [7, 11) is 0. The zero-order valence-electron chi connectivity index (χ0n) is 21.7. The van der Waals surface area contributed by atoms with Crippen molar-refractivity contribution in [2.24, 2.45) is 0 Å². The third-order valence-corrected chi connectivity index (χ3v) is 16.0. The highest BCUT2D eigenvalue weighted by molar-refractivity contribution is 8.06. The summed E-state index contributed by atoms with van der Waals surface area (Å²) in [6, 6.07) is 66.4. The topological polar surface area (TPSA) is 0 Å². The first-order valence-corrected chi connectivity index (χ1v) is 16.8. The summed E-state index contributed by atoms with van der Waals surface area (Å²) in [6.45, 7) is -4.74. The van der Waals surface area contributed by atoms with Crippen LogP contribution in [-0.2, 0) is 0 Å². The van der Waals surface area contributed by atoms with Gasteiger partial charge in [-0.2, -0.15) is 0 Å². The van der Waals surface area contributed by atoms with Gasteiger partial charge in [0.25, 0.3) is 0 Å². The molecule has 0 spiro atoms. The smallest absolute Gasteiger partial charge is 0.0175 e. The predicted molar refractivity (Wildman–Crippen MR) is 175 cm³/mol. The number of hydrogen-bond acceptors (Lipinski definition) is 0. The molecule has 0 aliphatic heterocycles. The second kappa shape index (κ2) is 11.4. The molecule has 0 unspecified atom stereocenters. The monoisotopic (exact) mass is 536 g/mol. The summed E-state index contributed by atoms with van der Waals surface area (Å²) in [5.41, 5.74) is 0. The highest BCUT2D eigenvalue weighted by Gasteiger charge is 2.31. The van der Waals surface area contributed by atoms with Crippen molar-refractivity contribution in [2.45, 2.75) is 0 Å². The minimum absolute atomic E-state index is 1.31. The molecule has 6 aromatic rings. The number of benzene rings is 6. The third kappa shape index (κ3) is 4.69. The van der Waals surface area contributed by atoms with Gasteiger partial charge in [-0.1, -0.05) is 182 Å². The van der Waals surface area contributed by atoms with Crippen molar-refractivity contribution in [3.05, 3.63) is 182 Å². The predicted octanol–water partition coefficient (Wildman–Crippen LogP) is 6.61. The van der Waals surface area contributed by atoms with Gasteiger partial charge in [-0.05, 0) is 31.8 Å². The molecule has 0 saturated heterocycles. The van der Waals surface area contributed by atoms with Gasteiger partial charge in [0.05, 0.1) is 0 Å². The van der Waals surface area contributed by atoms with Crippen molar-refractivity contribution >= 4 is 50.8 Å². The Bertz CT molecular complexity index is 1420. The fourth-order valence-corrected chi connectivity index (χ4v) is 15.5. The number of hydrogen-bond donors (Lipinski definition) is 0. The normalized spacial score (nSPS) is 11.5. The average molecular weight is 537 g/mol. The van der Waals surface area contributed by atoms with Crippen LogP contribution >= 0.6 is 13.8 Å². The molecule has 0 heterocycles. The van der Waals surface area contributed by atoms with Crippen LogP contribution in [0.15, 0.2) is 182 Å². The Kier molecular flexibility index (Phi) is 7.36. The van der Waals surface area contributed by atoms with E-state index in [2.05, 4.69) is 187 Å². The lowest BCUT2D eigenvalue weighted by atomic mass is 10.4. The van der Waals surface area contributed by atoms with Crippen LogP contribution < -0.4 is 31.8 Å². The van der Waals surface area contributed by atoms with Crippen LogP contribution in [0.2, 0.25) is 0 Å². The molecule has 188 valence electrons. The van der Waals surface area contributed by atoms with Crippen molar-refractivity contribution in [3.63, 3.8) is 0 Å². The highest BCUT2D eigenvalue weighted by Crippen LogP contribution is 2.51. The summed E-state index contributed by atoms with van der Waals surface area (Å²) in [5.74, 6) is 0. The third-order valence-electron chi connectivity index (χ3n) is 7.16. The summed E-state index contributed by atoms with van der Waals surface area (Å²) in [5, 5.41) is 12.5. The molecule has 2 heteroatoms. The van der Waals surface area contributed by atoms with Gasteiger partial charge in [-0.15, -0.1) is 5.17 Å². The number of rotatable bonds is 6. The summed E-state index contributed by atoms with van der Waals surface area (Å²) >= 11 is 0. The van der Waals surface area contributed by atoms with Crippen LogP contribution in [0.1, 0.15) is 0 Å². The zero-order chi connectivity index (χ0) is 26.4. The SMILES string of the molecule is C(=P(c1ccccc1)(c1ccccc1)c1ccccc1)=P(c1ccccc1)(c1ccccc1)c1ccccc1. The van der Waals surface area contributed by atoms with Crippen molar-refractivity contribution in [3.8, 4) is 0 Å². The Morgan fingerprint density at radius 2 is 0.385 bits per heavy atom. The molecular weight excluding hydrogens is 506 g/mol. The Balaban J connectivity index is 2.02. The molecule has 0 saturated carbocycles. The Hall–Kier alpha value is -4.04. The van der Waals surface area contributed by atoms with Gasteiger partial charge < -0.3 is 0 Å². The van der Waals surface area contributed by atoms with E-state index in [9.17, 15) is 0 Å². The first-order valence-electron chi connectivity index (χ1n) is 13.3. The lowest BCUT2D eigenvalue weighted by Gasteiger charge is -2.32. The van der Waals surface area contributed by atoms with Gasteiger partial charge in [0.2, 0.25) is 0 Å². The fraction of sp³-hybridized carbons (Fsp3) is 0. The molecule has 0 N–H and O–H groups in total. The molecule has 0 aliphatic carbocycles. The maximum atomic E-state index is 4.60. The minimum atomic E-state index is -2.37. The maximum Gasteiger partial charge on any atom is 0.0175 e. The van der Waals surface area contributed by atoms with E-state index in [1.54, 1.807) is 0 Å². The quantitative estimate of drug-likeness (QED) is 0.210. The second-order valence-corrected chi connectivity index (χ2v) is 16.0. The maximum absolute atomic E-state index is 4.60. The van der Waals surface area contributed by atoms with E-state index in [1.165, 1.54) is 31.8 Å².